The molecule has 6 nitrogen and oxygen atoms in total. The summed E-state index contributed by atoms with van der Waals surface area (Å²) in [5.74, 6) is -0.593. The van der Waals surface area contributed by atoms with E-state index < -0.39 is 30.2 Å². The zero-order valence-electron chi connectivity index (χ0n) is 18.6. The summed E-state index contributed by atoms with van der Waals surface area (Å²) in [6.45, 7) is 7.95. The van der Waals surface area contributed by atoms with Gasteiger partial charge < -0.3 is 19.4 Å². The molecule has 1 amide bonds. The molecule has 1 aliphatic rings. The van der Waals surface area contributed by atoms with E-state index in [1.807, 2.05) is 64.1 Å². The molecule has 166 valence electrons. The molecule has 2 aromatic carbocycles. The van der Waals surface area contributed by atoms with Crippen LogP contribution in [-0.4, -0.2) is 31.0 Å². The van der Waals surface area contributed by atoms with Gasteiger partial charge in [-0.3, -0.25) is 0 Å². The van der Waals surface area contributed by atoms with Crippen LogP contribution in [0.2, 0.25) is 0 Å². The van der Waals surface area contributed by atoms with E-state index >= 15 is 0 Å². The molecule has 0 bridgehead atoms. The number of nitriles is 1. The third-order valence-corrected chi connectivity index (χ3v) is 5.67. The van der Waals surface area contributed by atoms with Crippen LogP contribution in [0.5, 0.6) is 0 Å². The molecule has 1 heterocycles. The number of halogens is 1. The van der Waals surface area contributed by atoms with Crippen LogP contribution < -0.4 is 5.32 Å². The monoisotopic (exact) mass is 436 g/mol. The fraction of sp³-hybridized carbons (Fsp3) is 0.333. The van der Waals surface area contributed by atoms with Gasteiger partial charge in [-0.1, -0.05) is 42.5 Å². The predicted octanol–water partition coefficient (Wildman–Crippen LogP) is 4.64. The van der Waals surface area contributed by atoms with E-state index in [1.54, 1.807) is 12.1 Å². The molecular formula is C24H26BFN2O4. The van der Waals surface area contributed by atoms with Crippen LogP contribution in [0.1, 0.15) is 44.4 Å². The summed E-state index contributed by atoms with van der Waals surface area (Å²) in [7, 11) is -0.731. The van der Waals surface area contributed by atoms with Crippen LogP contribution in [-0.2, 0) is 20.7 Å². The lowest BCUT2D eigenvalue weighted by atomic mass is 9.77. The Morgan fingerprint density at radius 2 is 1.81 bits per heavy atom. The van der Waals surface area contributed by atoms with Gasteiger partial charge in [-0.15, -0.1) is 0 Å². The van der Waals surface area contributed by atoms with Crippen LogP contribution in [0.15, 0.2) is 54.0 Å². The number of alkyl carbamates (subject to hydrolysis) is 1. The average Bonchev–Trinajstić information content (AvgIpc) is 2.98. The molecule has 1 N–H and O–H groups in total. The Balaban J connectivity index is 1.77. The third kappa shape index (κ3) is 5.55. The number of carbonyl (C=O) groups excluding carboxylic acids is 1. The van der Waals surface area contributed by atoms with E-state index in [0.29, 0.717) is 11.0 Å². The first-order valence-electron chi connectivity index (χ1n) is 10.3. The first kappa shape index (κ1) is 23.5. The molecule has 1 saturated heterocycles. The largest absolute Gasteiger partial charge is 0.492 e. The van der Waals surface area contributed by atoms with Gasteiger partial charge in [0, 0.05) is 6.54 Å². The molecule has 0 spiro atoms. The Kier molecular flexibility index (Phi) is 7.02. The molecule has 3 rings (SSSR count). The molecular weight excluding hydrogens is 410 g/mol. The maximum atomic E-state index is 13.7. The Bertz CT molecular complexity index is 1030. The van der Waals surface area contributed by atoms with Gasteiger partial charge in [0.1, 0.15) is 18.5 Å². The first-order valence-corrected chi connectivity index (χ1v) is 10.3. The van der Waals surface area contributed by atoms with Crippen LogP contribution in [0, 0.1) is 17.1 Å². The Morgan fingerprint density at radius 1 is 1.16 bits per heavy atom. The molecule has 0 atom stereocenters. The van der Waals surface area contributed by atoms with E-state index in [2.05, 4.69) is 5.32 Å². The van der Waals surface area contributed by atoms with Crippen molar-refractivity contribution < 1.29 is 23.2 Å². The van der Waals surface area contributed by atoms with E-state index in [4.69, 9.17) is 19.3 Å². The van der Waals surface area contributed by atoms with Crippen LogP contribution in [0.4, 0.5) is 9.18 Å². The number of carbonyl (C=O) groups is 1. The Morgan fingerprint density at radius 3 is 2.44 bits per heavy atom. The van der Waals surface area contributed by atoms with Crippen LogP contribution >= 0.6 is 0 Å². The minimum absolute atomic E-state index is 0.0674. The van der Waals surface area contributed by atoms with Gasteiger partial charge in [0.2, 0.25) is 0 Å². The van der Waals surface area contributed by atoms with Crippen molar-refractivity contribution in [3.63, 3.8) is 0 Å². The quantitative estimate of drug-likeness (QED) is 0.668. The van der Waals surface area contributed by atoms with Gasteiger partial charge in [0.25, 0.3) is 0 Å². The number of rotatable bonds is 6. The van der Waals surface area contributed by atoms with Crippen molar-refractivity contribution in [3.8, 4) is 6.07 Å². The molecule has 0 aromatic heterocycles. The molecule has 0 unspecified atom stereocenters. The molecule has 0 radical (unpaired) electrons. The van der Waals surface area contributed by atoms with Crippen molar-refractivity contribution >= 4 is 19.3 Å². The van der Waals surface area contributed by atoms with E-state index in [0.717, 1.165) is 5.56 Å². The lowest BCUT2D eigenvalue weighted by Crippen LogP contribution is -2.41. The second-order valence-electron chi connectivity index (χ2n) is 8.57. The summed E-state index contributed by atoms with van der Waals surface area (Å²) in [6, 6.07) is 15.4. The fourth-order valence-corrected chi connectivity index (χ4v) is 3.08. The topological polar surface area (TPSA) is 80.6 Å². The number of amides is 1. The summed E-state index contributed by atoms with van der Waals surface area (Å²) in [5, 5.41) is 11.8. The highest BCUT2D eigenvalue weighted by molar-refractivity contribution is 6.56. The zero-order valence-corrected chi connectivity index (χ0v) is 18.6. The number of ether oxygens (including phenoxy) is 1. The highest BCUT2D eigenvalue weighted by atomic mass is 19.1. The second kappa shape index (κ2) is 9.55. The minimum atomic E-state index is -0.731. The number of nitrogens with zero attached hydrogens (tertiary/aromatic N) is 1. The average molecular weight is 436 g/mol. The van der Waals surface area contributed by atoms with Gasteiger partial charge >= 0.3 is 13.2 Å². The summed E-state index contributed by atoms with van der Waals surface area (Å²) >= 11 is 0. The maximum absolute atomic E-state index is 13.7. The van der Waals surface area contributed by atoms with Gasteiger partial charge in [0.15, 0.2) is 0 Å². The molecule has 0 saturated carbocycles. The van der Waals surface area contributed by atoms with Crippen molar-refractivity contribution in [3.05, 3.63) is 76.5 Å². The standard InChI is InChI=1S/C24H26BFN2O4/c1-23(2)24(3,4)32-25(31-23)20(13-18-10-11-21(26)19(12-18)14-27)15-28-22(29)30-16-17-8-6-5-7-9-17/h5-13H,15-16H2,1-4H3,(H,28,29). The van der Waals surface area contributed by atoms with Crippen molar-refractivity contribution in [2.24, 2.45) is 0 Å². The number of nitrogens with one attached hydrogen (secondary N) is 1. The maximum Gasteiger partial charge on any atom is 0.492 e. The van der Waals surface area contributed by atoms with Gasteiger partial charge in [-0.2, -0.15) is 5.26 Å². The molecule has 1 fully saturated rings. The molecule has 0 aliphatic carbocycles. The summed E-state index contributed by atoms with van der Waals surface area (Å²) in [4.78, 5) is 12.3. The third-order valence-electron chi connectivity index (χ3n) is 5.67. The highest BCUT2D eigenvalue weighted by Gasteiger charge is 2.52. The molecule has 2 aromatic rings. The highest BCUT2D eigenvalue weighted by Crippen LogP contribution is 2.38. The van der Waals surface area contributed by atoms with Gasteiger partial charge in [0.05, 0.1) is 16.8 Å². The van der Waals surface area contributed by atoms with Crippen molar-refractivity contribution in [1.29, 1.82) is 5.26 Å². The van der Waals surface area contributed by atoms with Crippen LogP contribution in [0.25, 0.3) is 6.08 Å². The molecule has 32 heavy (non-hydrogen) atoms. The van der Waals surface area contributed by atoms with Crippen molar-refractivity contribution in [2.45, 2.75) is 45.5 Å². The lowest BCUT2D eigenvalue weighted by molar-refractivity contribution is 0.00578. The SMILES string of the molecule is CC1(C)OB(C(=Cc2ccc(F)c(C#N)c2)CNC(=O)OCc2ccccc2)OC1(C)C. The summed E-state index contributed by atoms with van der Waals surface area (Å²) in [5.41, 5.74) is 0.848. The second-order valence-corrected chi connectivity index (χ2v) is 8.57. The minimum Gasteiger partial charge on any atom is -0.445 e. The fourth-order valence-electron chi connectivity index (χ4n) is 3.08. The van der Waals surface area contributed by atoms with E-state index in [-0.39, 0.29) is 18.7 Å². The Labute approximate surface area is 188 Å². The first-order chi connectivity index (χ1) is 15.1. The summed E-state index contributed by atoms with van der Waals surface area (Å²) in [6.07, 6.45) is 1.13. The number of hydrogen-bond acceptors (Lipinski definition) is 5. The smallest absolute Gasteiger partial charge is 0.445 e. The van der Waals surface area contributed by atoms with Crippen LogP contribution in [0.3, 0.4) is 0 Å². The molecule has 8 heteroatoms. The van der Waals surface area contributed by atoms with Crippen molar-refractivity contribution in [2.75, 3.05) is 6.54 Å². The normalized spacial score (nSPS) is 17.0. The van der Waals surface area contributed by atoms with E-state index in [1.165, 1.54) is 12.1 Å². The van der Waals surface area contributed by atoms with Crippen molar-refractivity contribution in [1.82, 2.24) is 5.32 Å². The summed E-state index contributed by atoms with van der Waals surface area (Å²) < 4.78 is 31.2. The zero-order chi connectivity index (χ0) is 23.4. The van der Waals surface area contributed by atoms with E-state index in [9.17, 15) is 9.18 Å². The Hall–Kier alpha value is -3.15. The van der Waals surface area contributed by atoms with Gasteiger partial charge in [-0.25, -0.2) is 9.18 Å². The number of hydrogen-bond donors (Lipinski definition) is 1. The molecule has 1 aliphatic heterocycles. The predicted molar refractivity (Wildman–Crippen MR) is 120 cm³/mol. The lowest BCUT2D eigenvalue weighted by Gasteiger charge is -2.32. The van der Waals surface area contributed by atoms with Gasteiger partial charge in [-0.05, 0) is 56.4 Å². The number of benzene rings is 2.